The van der Waals surface area contributed by atoms with Gasteiger partial charge in [0.2, 0.25) is 0 Å². The fourth-order valence-corrected chi connectivity index (χ4v) is 0.994. The molecule has 0 aliphatic rings. The summed E-state index contributed by atoms with van der Waals surface area (Å²) in [5, 5.41) is 10.7. The number of nitrogens with zero attached hydrogens (tertiary/aromatic N) is 1. The third kappa shape index (κ3) is 3.03. The van der Waals surface area contributed by atoms with E-state index >= 15 is 0 Å². The molecule has 0 saturated carbocycles. The Balaban J connectivity index is 3.13. The molecule has 17 heavy (non-hydrogen) atoms. The first kappa shape index (κ1) is 12.7. The van der Waals surface area contributed by atoms with E-state index < -0.39 is 28.1 Å². The van der Waals surface area contributed by atoms with Crippen molar-refractivity contribution in [2.24, 2.45) is 0 Å². The van der Waals surface area contributed by atoms with E-state index in [0.717, 1.165) is 20.1 Å². The Kier molecular flexibility index (Phi) is 3.81. The van der Waals surface area contributed by atoms with Gasteiger partial charge in [0, 0.05) is 13.0 Å². The van der Waals surface area contributed by atoms with Gasteiger partial charge in [-0.15, -0.1) is 0 Å². The maximum atomic E-state index is 13.3. The minimum absolute atomic E-state index is 0.313. The van der Waals surface area contributed by atoms with E-state index in [-0.39, 0.29) is 5.75 Å². The lowest BCUT2D eigenvalue weighted by atomic mass is 10.2. The zero-order valence-corrected chi connectivity index (χ0v) is 8.93. The number of hydrogen-bond donors (Lipinski definition) is 0. The van der Waals surface area contributed by atoms with Gasteiger partial charge in [0.05, 0.1) is 18.1 Å². The Labute approximate surface area is 94.8 Å². The third-order valence-electron chi connectivity index (χ3n) is 1.68. The first-order valence-electron chi connectivity index (χ1n) is 4.32. The van der Waals surface area contributed by atoms with Gasteiger partial charge in [-0.3, -0.25) is 19.9 Å². The van der Waals surface area contributed by atoms with E-state index in [1.807, 2.05) is 0 Å². The van der Waals surface area contributed by atoms with Crippen molar-refractivity contribution in [2.75, 3.05) is 7.11 Å². The second kappa shape index (κ2) is 5.10. The number of halogens is 1. The molecule has 1 rings (SSSR count). The number of carbonyl (C=O) groups is 1. The van der Waals surface area contributed by atoms with Gasteiger partial charge in [-0.05, 0) is 0 Å². The van der Waals surface area contributed by atoms with E-state index in [4.69, 9.17) is 0 Å². The number of methoxy groups -OCH3 is 1. The highest BCUT2D eigenvalue weighted by Crippen LogP contribution is 2.33. The second-order valence-electron chi connectivity index (χ2n) is 2.87. The number of rotatable bonds is 4. The molecule has 0 atom stereocenters. The molecule has 1 aromatic carbocycles. The van der Waals surface area contributed by atoms with Crippen LogP contribution in [0.2, 0.25) is 0 Å². The molecule has 0 unspecified atom stereocenters. The monoisotopic (exact) mass is 245 g/mol. The summed E-state index contributed by atoms with van der Waals surface area (Å²) in [5.41, 5.74) is -0.579. The molecule has 0 aromatic heterocycles. The van der Waals surface area contributed by atoms with Crippen molar-refractivity contribution in [3.63, 3.8) is 0 Å². The maximum Gasteiger partial charge on any atom is 0.352 e. The average Bonchev–Trinajstić information content (AvgIpc) is 2.25. The Morgan fingerprint density at radius 3 is 2.53 bits per heavy atom. The largest absolute Gasteiger partial charge is 0.493 e. The van der Waals surface area contributed by atoms with Gasteiger partial charge in [-0.2, -0.15) is 0 Å². The highest BCUT2D eigenvalue weighted by molar-refractivity contribution is 5.65. The van der Waals surface area contributed by atoms with Gasteiger partial charge in [0.25, 0.3) is 5.75 Å². The predicted octanol–water partition coefficient (Wildman–Crippen LogP) is 1.60. The molecule has 0 radical (unpaired) electrons. The number of nitro groups is 1. The SMILES string of the molecule is COc1cc([N+](=O)[O-])c(OOC(C)=O)cc1F. The highest BCUT2D eigenvalue weighted by Gasteiger charge is 2.22. The number of hydrogen-bond acceptors (Lipinski definition) is 6. The molecule has 7 nitrogen and oxygen atoms in total. The quantitative estimate of drug-likeness (QED) is 0.454. The summed E-state index contributed by atoms with van der Waals surface area (Å²) < 4.78 is 17.8. The molecule has 0 aliphatic carbocycles. The van der Waals surface area contributed by atoms with Crippen molar-refractivity contribution >= 4 is 11.7 Å². The van der Waals surface area contributed by atoms with Crippen molar-refractivity contribution in [1.82, 2.24) is 0 Å². The summed E-state index contributed by atoms with van der Waals surface area (Å²) >= 11 is 0. The van der Waals surface area contributed by atoms with Crippen LogP contribution in [0.15, 0.2) is 12.1 Å². The normalized spacial score (nSPS) is 9.59. The smallest absolute Gasteiger partial charge is 0.352 e. The van der Waals surface area contributed by atoms with Crippen molar-refractivity contribution in [3.05, 3.63) is 28.1 Å². The van der Waals surface area contributed by atoms with Crippen molar-refractivity contribution in [2.45, 2.75) is 6.92 Å². The van der Waals surface area contributed by atoms with Crippen LogP contribution in [-0.4, -0.2) is 18.0 Å². The molecule has 8 heteroatoms. The molecule has 0 N–H and O–H groups in total. The average molecular weight is 245 g/mol. The lowest BCUT2D eigenvalue weighted by molar-refractivity contribution is -0.388. The van der Waals surface area contributed by atoms with Crippen LogP contribution in [0.1, 0.15) is 6.92 Å². The van der Waals surface area contributed by atoms with Crippen LogP contribution in [0, 0.1) is 15.9 Å². The van der Waals surface area contributed by atoms with Crippen molar-refractivity contribution in [3.8, 4) is 11.5 Å². The van der Waals surface area contributed by atoms with Crippen molar-refractivity contribution < 1.29 is 28.6 Å². The minimum atomic E-state index is -0.875. The topological polar surface area (TPSA) is 87.9 Å². The molecule has 0 bridgehead atoms. The summed E-state index contributed by atoms with van der Waals surface area (Å²) in [5.74, 6) is -2.54. The van der Waals surface area contributed by atoms with Gasteiger partial charge in [-0.1, -0.05) is 0 Å². The summed E-state index contributed by atoms with van der Waals surface area (Å²) in [6.45, 7) is 1.03. The standard InChI is InChI=1S/C9H8FNO6/c1-5(12)16-17-9-3-6(10)8(15-2)4-7(9)11(13)14/h3-4H,1-2H3. The summed E-state index contributed by atoms with van der Waals surface area (Å²) in [6.07, 6.45) is 0. The zero-order valence-electron chi connectivity index (χ0n) is 8.93. The van der Waals surface area contributed by atoms with Gasteiger partial charge in [0.1, 0.15) is 0 Å². The predicted molar refractivity (Wildman–Crippen MR) is 52.0 cm³/mol. The minimum Gasteiger partial charge on any atom is -0.493 e. The van der Waals surface area contributed by atoms with Crippen LogP contribution in [0.5, 0.6) is 11.5 Å². The lowest BCUT2D eigenvalue weighted by Crippen LogP contribution is -2.05. The summed E-state index contributed by atoms with van der Waals surface area (Å²) in [4.78, 5) is 28.8. The Morgan fingerprint density at radius 2 is 2.06 bits per heavy atom. The molecule has 92 valence electrons. The molecule has 0 amide bonds. The van der Waals surface area contributed by atoms with Gasteiger partial charge < -0.3 is 4.74 Å². The fourth-order valence-electron chi connectivity index (χ4n) is 0.994. The molecular formula is C9H8FNO6. The van der Waals surface area contributed by atoms with Crippen LogP contribution in [0.25, 0.3) is 0 Å². The number of ether oxygens (including phenoxy) is 1. The van der Waals surface area contributed by atoms with Gasteiger partial charge >= 0.3 is 11.7 Å². The van der Waals surface area contributed by atoms with Crippen LogP contribution < -0.4 is 9.62 Å². The highest BCUT2D eigenvalue weighted by atomic mass is 19.1. The fraction of sp³-hybridized carbons (Fsp3) is 0.222. The van der Waals surface area contributed by atoms with E-state index in [1.54, 1.807) is 0 Å². The molecule has 0 spiro atoms. The Hall–Kier alpha value is -2.38. The van der Waals surface area contributed by atoms with Gasteiger partial charge in [0.15, 0.2) is 11.6 Å². The number of nitro benzene ring substituents is 1. The lowest BCUT2D eigenvalue weighted by Gasteiger charge is -2.06. The number of carbonyl (C=O) groups excluding carboxylic acids is 1. The zero-order chi connectivity index (χ0) is 13.0. The van der Waals surface area contributed by atoms with E-state index in [1.165, 1.54) is 0 Å². The molecule has 0 aliphatic heterocycles. The van der Waals surface area contributed by atoms with Crippen LogP contribution in [0.4, 0.5) is 10.1 Å². The molecule has 0 fully saturated rings. The van der Waals surface area contributed by atoms with Crippen LogP contribution >= 0.6 is 0 Å². The molecular weight excluding hydrogens is 237 g/mol. The third-order valence-corrected chi connectivity index (χ3v) is 1.68. The Bertz CT molecular complexity index is 461. The van der Waals surface area contributed by atoms with Crippen molar-refractivity contribution in [1.29, 1.82) is 0 Å². The van der Waals surface area contributed by atoms with E-state index in [0.29, 0.717) is 6.07 Å². The first-order valence-corrected chi connectivity index (χ1v) is 4.32. The van der Waals surface area contributed by atoms with E-state index in [9.17, 15) is 19.3 Å². The van der Waals surface area contributed by atoms with E-state index in [2.05, 4.69) is 14.5 Å². The first-order chi connectivity index (χ1) is 7.95. The van der Waals surface area contributed by atoms with Crippen LogP contribution in [-0.2, 0) is 9.68 Å². The molecule has 1 aromatic rings. The molecule has 0 heterocycles. The summed E-state index contributed by atoms with van der Waals surface area (Å²) in [7, 11) is 1.16. The van der Waals surface area contributed by atoms with Gasteiger partial charge in [-0.25, -0.2) is 9.18 Å². The second-order valence-corrected chi connectivity index (χ2v) is 2.87. The number of benzene rings is 1. The van der Waals surface area contributed by atoms with Crippen LogP contribution in [0.3, 0.4) is 0 Å². The summed E-state index contributed by atoms with van der Waals surface area (Å²) in [6, 6.07) is 1.52. The Morgan fingerprint density at radius 1 is 1.41 bits per heavy atom. The maximum absolute atomic E-state index is 13.3. The molecule has 0 saturated heterocycles.